The van der Waals surface area contributed by atoms with E-state index in [1.165, 1.54) is 23.0 Å². The molecule has 1 aliphatic carbocycles. The van der Waals surface area contributed by atoms with Crippen LogP contribution in [0.1, 0.15) is 49.4 Å². The number of carbonyl (C=O) groups is 1. The molecule has 1 saturated carbocycles. The fraction of sp³-hybridized carbons (Fsp3) is 0.407. The Morgan fingerprint density at radius 3 is 2.69 bits per heavy atom. The molecule has 2 fully saturated rings. The second kappa shape index (κ2) is 11.9. The molecule has 1 aromatic heterocycles. The van der Waals surface area contributed by atoms with Crippen molar-refractivity contribution in [3.8, 4) is 5.75 Å². The number of morpholine rings is 1. The Hall–Kier alpha value is -3.83. The van der Waals surface area contributed by atoms with E-state index in [4.69, 9.17) is 26.1 Å². The third kappa shape index (κ3) is 5.94. The fourth-order valence-corrected chi connectivity index (χ4v) is 5.27. The first kappa shape index (κ1) is 26.8. The topological polar surface area (TPSA) is 129 Å². The monoisotopic (exact) mass is 553 g/mol. The molecule has 39 heavy (non-hydrogen) atoms. The predicted octanol–water partition coefficient (Wildman–Crippen LogP) is 4.13. The van der Waals surface area contributed by atoms with E-state index >= 15 is 0 Å². The van der Waals surface area contributed by atoms with Gasteiger partial charge in [0.05, 0.1) is 40.3 Å². The molecule has 0 N–H and O–H groups in total. The SMILES string of the molecule is O=C(COc1c(Cl)cc(C=Nn2c(C3CCCCC3)nc3ccccc3c2=O)cc1[N+](=O)[O-])N1CCOCC1. The van der Waals surface area contributed by atoms with Gasteiger partial charge in [0.15, 0.2) is 6.61 Å². The number of nitro groups is 1. The van der Waals surface area contributed by atoms with Gasteiger partial charge in [-0.05, 0) is 31.0 Å². The second-order valence-electron chi connectivity index (χ2n) is 9.57. The van der Waals surface area contributed by atoms with Crippen molar-refractivity contribution in [1.29, 1.82) is 0 Å². The molecule has 0 atom stereocenters. The minimum Gasteiger partial charge on any atom is -0.476 e. The van der Waals surface area contributed by atoms with Crippen molar-refractivity contribution in [1.82, 2.24) is 14.6 Å². The smallest absolute Gasteiger partial charge is 0.313 e. The minimum absolute atomic E-state index is 0.0445. The first-order chi connectivity index (χ1) is 18.9. The molecule has 1 saturated heterocycles. The Labute approximate surface area is 229 Å². The number of halogens is 1. The van der Waals surface area contributed by atoms with Crippen molar-refractivity contribution in [3.63, 3.8) is 0 Å². The molecule has 2 aromatic carbocycles. The number of hydrogen-bond acceptors (Lipinski definition) is 8. The van der Waals surface area contributed by atoms with Gasteiger partial charge < -0.3 is 14.4 Å². The maximum Gasteiger partial charge on any atom is 0.313 e. The van der Waals surface area contributed by atoms with Crippen molar-refractivity contribution in [2.75, 3.05) is 32.9 Å². The van der Waals surface area contributed by atoms with Crippen LogP contribution in [-0.4, -0.2) is 64.5 Å². The number of ether oxygens (including phenoxy) is 2. The van der Waals surface area contributed by atoms with Gasteiger partial charge in [-0.1, -0.05) is 43.0 Å². The van der Waals surface area contributed by atoms with Crippen LogP contribution in [0.5, 0.6) is 5.75 Å². The Morgan fingerprint density at radius 1 is 1.21 bits per heavy atom. The lowest BCUT2D eigenvalue weighted by Crippen LogP contribution is -2.43. The number of para-hydroxylation sites is 1. The van der Waals surface area contributed by atoms with Crippen molar-refractivity contribution in [3.05, 3.63) is 73.3 Å². The summed E-state index contributed by atoms with van der Waals surface area (Å²) in [6.07, 6.45) is 6.42. The van der Waals surface area contributed by atoms with Crippen LogP contribution in [0.2, 0.25) is 5.02 Å². The van der Waals surface area contributed by atoms with E-state index in [1.54, 1.807) is 17.0 Å². The van der Waals surface area contributed by atoms with Crippen LogP contribution in [0, 0.1) is 10.1 Å². The zero-order chi connectivity index (χ0) is 27.4. The van der Waals surface area contributed by atoms with E-state index < -0.39 is 17.2 Å². The zero-order valence-electron chi connectivity index (χ0n) is 21.3. The average Bonchev–Trinajstić information content (AvgIpc) is 2.96. The lowest BCUT2D eigenvalue weighted by atomic mass is 9.88. The molecule has 204 valence electrons. The molecule has 5 rings (SSSR count). The van der Waals surface area contributed by atoms with E-state index in [0.717, 1.165) is 32.1 Å². The molecule has 0 radical (unpaired) electrons. The van der Waals surface area contributed by atoms with Crippen LogP contribution < -0.4 is 10.3 Å². The largest absolute Gasteiger partial charge is 0.476 e. The van der Waals surface area contributed by atoms with Gasteiger partial charge in [0.1, 0.15) is 5.82 Å². The molecule has 0 unspecified atom stereocenters. The molecule has 11 nitrogen and oxygen atoms in total. The summed E-state index contributed by atoms with van der Waals surface area (Å²) in [5.74, 6) is 0.156. The summed E-state index contributed by atoms with van der Waals surface area (Å²) in [4.78, 5) is 43.4. The van der Waals surface area contributed by atoms with Crippen LogP contribution in [0.15, 0.2) is 46.3 Å². The quantitative estimate of drug-likeness (QED) is 0.244. The van der Waals surface area contributed by atoms with Crippen molar-refractivity contribution in [2.24, 2.45) is 5.10 Å². The Kier molecular flexibility index (Phi) is 8.18. The molecule has 0 bridgehead atoms. The maximum atomic E-state index is 13.4. The predicted molar refractivity (Wildman–Crippen MR) is 146 cm³/mol. The van der Waals surface area contributed by atoms with Gasteiger partial charge in [0.25, 0.3) is 11.5 Å². The summed E-state index contributed by atoms with van der Waals surface area (Å²) in [7, 11) is 0. The molecule has 1 amide bonds. The van der Waals surface area contributed by atoms with Crippen molar-refractivity contribution >= 4 is 40.3 Å². The van der Waals surface area contributed by atoms with Gasteiger partial charge in [-0.25, -0.2) is 4.98 Å². The van der Waals surface area contributed by atoms with Gasteiger partial charge in [0, 0.05) is 30.6 Å². The van der Waals surface area contributed by atoms with Gasteiger partial charge >= 0.3 is 5.69 Å². The highest BCUT2D eigenvalue weighted by Crippen LogP contribution is 2.36. The Morgan fingerprint density at radius 2 is 1.95 bits per heavy atom. The third-order valence-corrected chi connectivity index (χ3v) is 7.30. The Balaban J connectivity index is 1.45. The van der Waals surface area contributed by atoms with Gasteiger partial charge in [-0.3, -0.25) is 19.7 Å². The molecule has 3 aromatic rings. The Bertz CT molecular complexity index is 1480. The number of carbonyl (C=O) groups excluding carboxylic acids is 1. The normalized spacial score (nSPS) is 16.6. The highest BCUT2D eigenvalue weighted by Gasteiger charge is 2.25. The van der Waals surface area contributed by atoms with E-state index in [1.807, 2.05) is 12.1 Å². The lowest BCUT2D eigenvalue weighted by molar-refractivity contribution is -0.385. The number of fused-ring (bicyclic) bond motifs is 1. The zero-order valence-corrected chi connectivity index (χ0v) is 22.0. The van der Waals surface area contributed by atoms with E-state index in [0.29, 0.717) is 48.6 Å². The lowest BCUT2D eigenvalue weighted by Gasteiger charge is -2.26. The minimum atomic E-state index is -0.630. The number of nitrogens with zero attached hydrogens (tertiary/aromatic N) is 5. The summed E-state index contributed by atoms with van der Waals surface area (Å²) < 4.78 is 12.0. The molecule has 0 spiro atoms. The first-order valence-electron chi connectivity index (χ1n) is 12.9. The van der Waals surface area contributed by atoms with Crippen molar-refractivity contribution in [2.45, 2.75) is 38.0 Å². The first-order valence-corrected chi connectivity index (χ1v) is 13.3. The van der Waals surface area contributed by atoms with E-state index in [2.05, 4.69) is 5.10 Å². The van der Waals surface area contributed by atoms with E-state index in [-0.39, 0.29) is 28.2 Å². The van der Waals surface area contributed by atoms with Gasteiger partial charge in [-0.15, -0.1) is 0 Å². The van der Waals surface area contributed by atoms with Gasteiger partial charge in [-0.2, -0.15) is 9.78 Å². The highest BCUT2D eigenvalue weighted by molar-refractivity contribution is 6.32. The van der Waals surface area contributed by atoms with Crippen LogP contribution in [0.3, 0.4) is 0 Å². The number of aromatic nitrogens is 2. The third-order valence-electron chi connectivity index (χ3n) is 7.02. The summed E-state index contributed by atoms with van der Waals surface area (Å²) in [5, 5.41) is 16.7. The van der Waals surface area contributed by atoms with Crippen LogP contribution >= 0.6 is 11.6 Å². The van der Waals surface area contributed by atoms with E-state index in [9.17, 15) is 19.7 Å². The standard InChI is InChI=1S/C27H28ClN5O6/c28-21-14-18(15-23(33(36)37)25(21)39-17-24(34)31-10-12-38-13-11-31)16-29-32-26(19-6-2-1-3-7-19)30-22-9-5-4-8-20(22)27(32)35/h4-5,8-9,14-16,19H,1-3,6-7,10-13,17H2. The highest BCUT2D eigenvalue weighted by atomic mass is 35.5. The molecule has 12 heteroatoms. The number of rotatable bonds is 7. The van der Waals surface area contributed by atoms with Crippen LogP contribution in [0.4, 0.5) is 5.69 Å². The fourth-order valence-electron chi connectivity index (χ4n) is 4.99. The number of amides is 1. The average molecular weight is 554 g/mol. The molecule has 1 aliphatic heterocycles. The van der Waals surface area contributed by atoms with Crippen LogP contribution in [-0.2, 0) is 9.53 Å². The summed E-state index contributed by atoms with van der Waals surface area (Å²) in [6.45, 7) is 1.33. The summed E-state index contributed by atoms with van der Waals surface area (Å²) >= 11 is 6.38. The molecular formula is C27H28ClN5O6. The number of benzene rings is 2. The second-order valence-corrected chi connectivity index (χ2v) is 9.98. The summed E-state index contributed by atoms with van der Waals surface area (Å²) in [6, 6.07) is 9.82. The number of hydrogen-bond donors (Lipinski definition) is 0. The molecular weight excluding hydrogens is 526 g/mol. The number of nitro benzene ring substituents is 1. The molecule has 2 aliphatic rings. The summed E-state index contributed by atoms with van der Waals surface area (Å²) in [5.41, 5.74) is 0.198. The maximum absolute atomic E-state index is 13.4. The van der Waals surface area contributed by atoms with Crippen molar-refractivity contribution < 1.29 is 19.2 Å². The molecule has 2 heterocycles. The van der Waals surface area contributed by atoms with Crippen LogP contribution in [0.25, 0.3) is 10.9 Å². The van der Waals surface area contributed by atoms with Gasteiger partial charge in [0.2, 0.25) is 5.75 Å².